The van der Waals surface area contributed by atoms with Crippen LogP contribution >= 0.6 is 0 Å². The fraction of sp³-hybridized carbons (Fsp3) is 0.136. The zero-order valence-corrected chi connectivity index (χ0v) is 17.8. The van der Waals surface area contributed by atoms with Crippen LogP contribution in [0, 0.1) is 6.92 Å². The van der Waals surface area contributed by atoms with Crippen molar-refractivity contribution in [1.29, 1.82) is 0 Å². The average molecular weight is 439 g/mol. The maximum Gasteiger partial charge on any atom is 0.339 e. The molecule has 3 aromatic rings. The highest BCUT2D eigenvalue weighted by molar-refractivity contribution is 7.92. The van der Waals surface area contributed by atoms with Gasteiger partial charge in [-0.15, -0.1) is 0 Å². The first-order valence-electron chi connectivity index (χ1n) is 9.44. The Kier molecular flexibility index (Phi) is 6.66. The summed E-state index contributed by atoms with van der Waals surface area (Å²) in [5, 5.41) is 2.67. The monoisotopic (exact) mass is 439 g/mol. The SMILES string of the molecule is CCOC(=O)c1ccc(C(=O)Nc2cccc(NS(=O)(=O)c3ccccc3)c2)nc1C. The van der Waals surface area contributed by atoms with Crippen molar-refractivity contribution in [3.63, 3.8) is 0 Å². The first-order chi connectivity index (χ1) is 14.8. The molecule has 0 bridgehead atoms. The van der Waals surface area contributed by atoms with E-state index in [2.05, 4.69) is 15.0 Å². The fourth-order valence-electron chi connectivity index (χ4n) is 2.78. The van der Waals surface area contributed by atoms with Gasteiger partial charge in [-0.25, -0.2) is 18.2 Å². The van der Waals surface area contributed by atoms with Crippen LogP contribution in [0.2, 0.25) is 0 Å². The number of aryl methyl sites for hydroxylation is 1. The Morgan fingerprint density at radius 3 is 2.35 bits per heavy atom. The van der Waals surface area contributed by atoms with E-state index in [0.29, 0.717) is 17.1 Å². The molecule has 1 heterocycles. The van der Waals surface area contributed by atoms with E-state index in [4.69, 9.17) is 4.74 Å². The zero-order chi connectivity index (χ0) is 22.4. The van der Waals surface area contributed by atoms with Crippen molar-refractivity contribution in [3.8, 4) is 0 Å². The van der Waals surface area contributed by atoms with Crippen molar-refractivity contribution in [2.75, 3.05) is 16.6 Å². The number of sulfonamides is 1. The molecular weight excluding hydrogens is 418 g/mol. The molecule has 160 valence electrons. The molecule has 1 aromatic heterocycles. The van der Waals surface area contributed by atoms with Crippen LogP contribution in [0.15, 0.2) is 71.6 Å². The van der Waals surface area contributed by atoms with Gasteiger partial charge in [-0.05, 0) is 56.3 Å². The summed E-state index contributed by atoms with van der Waals surface area (Å²) in [5.41, 5.74) is 1.45. The van der Waals surface area contributed by atoms with Crippen LogP contribution in [0.25, 0.3) is 0 Å². The largest absolute Gasteiger partial charge is 0.462 e. The van der Waals surface area contributed by atoms with Gasteiger partial charge in [0, 0.05) is 5.69 Å². The second-order valence-electron chi connectivity index (χ2n) is 6.50. The Morgan fingerprint density at radius 2 is 1.68 bits per heavy atom. The highest BCUT2D eigenvalue weighted by Crippen LogP contribution is 2.20. The van der Waals surface area contributed by atoms with Gasteiger partial charge in [0.15, 0.2) is 0 Å². The van der Waals surface area contributed by atoms with Crippen LogP contribution in [0.4, 0.5) is 11.4 Å². The summed E-state index contributed by atoms with van der Waals surface area (Å²) in [6.07, 6.45) is 0. The molecule has 2 N–H and O–H groups in total. The molecule has 9 heteroatoms. The van der Waals surface area contributed by atoms with E-state index in [-0.39, 0.29) is 22.8 Å². The van der Waals surface area contributed by atoms with Crippen LogP contribution in [0.3, 0.4) is 0 Å². The predicted molar refractivity (Wildman–Crippen MR) is 117 cm³/mol. The lowest BCUT2D eigenvalue weighted by Crippen LogP contribution is -2.17. The maximum absolute atomic E-state index is 12.6. The molecule has 0 radical (unpaired) electrons. The van der Waals surface area contributed by atoms with Gasteiger partial charge in [-0.2, -0.15) is 0 Å². The van der Waals surface area contributed by atoms with E-state index in [1.807, 2.05) is 0 Å². The van der Waals surface area contributed by atoms with Crippen molar-refractivity contribution in [2.45, 2.75) is 18.7 Å². The van der Waals surface area contributed by atoms with Crippen molar-refractivity contribution in [1.82, 2.24) is 4.98 Å². The van der Waals surface area contributed by atoms with Gasteiger partial charge in [0.1, 0.15) is 5.69 Å². The van der Waals surface area contributed by atoms with Gasteiger partial charge in [-0.3, -0.25) is 9.52 Å². The number of esters is 1. The number of amides is 1. The number of benzene rings is 2. The van der Waals surface area contributed by atoms with Gasteiger partial charge in [0.05, 0.1) is 28.4 Å². The smallest absolute Gasteiger partial charge is 0.339 e. The van der Waals surface area contributed by atoms with E-state index in [1.165, 1.54) is 30.3 Å². The van der Waals surface area contributed by atoms with E-state index in [0.717, 1.165) is 0 Å². The number of nitrogens with zero attached hydrogens (tertiary/aromatic N) is 1. The quantitative estimate of drug-likeness (QED) is 0.544. The summed E-state index contributed by atoms with van der Waals surface area (Å²) < 4.78 is 32.4. The number of hydrogen-bond acceptors (Lipinski definition) is 6. The van der Waals surface area contributed by atoms with Crippen LogP contribution in [0.5, 0.6) is 0 Å². The average Bonchev–Trinajstić information content (AvgIpc) is 2.74. The maximum atomic E-state index is 12.6. The van der Waals surface area contributed by atoms with Crippen LogP contribution in [-0.4, -0.2) is 31.9 Å². The van der Waals surface area contributed by atoms with Crippen LogP contribution in [-0.2, 0) is 14.8 Å². The second-order valence-corrected chi connectivity index (χ2v) is 8.19. The summed E-state index contributed by atoms with van der Waals surface area (Å²) in [6.45, 7) is 3.56. The molecule has 2 aromatic carbocycles. The van der Waals surface area contributed by atoms with Crippen molar-refractivity contribution in [3.05, 3.63) is 83.7 Å². The molecular formula is C22H21N3O5S. The second kappa shape index (κ2) is 9.40. The molecule has 0 saturated carbocycles. The number of hydrogen-bond donors (Lipinski definition) is 2. The molecule has 8 nitrogen and oxygen atoms in total. The molecule has 0 aliphatic heterocycles. The minimum absolute atomic E-state index is 0.112. The number of rotatable bonds is 7. The third kappa shape index (κ3) is 5.46. The Balaban J connectivity index is 1.74. The first-order valence-corrected chi connectivity index (χ1v) is 10.9. The Bertz CT molecular complexity index is 1210. The Morgan fingerprint density at radius 1 is 0.968 bits per heavy atom. The highest BCUT2D eigenvalue weighted by atomic mass is 32.2. The van der Waals surface area contributed by atoms with Gasteiger partial charge in [0.25, 0.3) is 15.9 Å². The zero-order valence-electron chi connectivity index (χ0n) is 17.0. The number of ether oxygens (including phenoxy) is 1. The van der Waals surface area contributed by atoms with Crippen molar-refractivity contribution < 1.29 is 22.7 Å². The summed E-state index contributed by atoms with van der Waals surface area (Å²) in [4.78, 5) is 28.7. The topological polar surface area (TPSA) is 114 Å². The third-order valence-electron chi connectivity index (χ3n) is 4.24. The van der Waals surface area contributed by atoms with E-state index in [9.17, 15) is 18.0 Å². The molecule has 0 aliphatic rings. The van der Waals surface area contributed by atoms with Gasteiger partial charge >= 0.3 is 5.97 Å². The van der Waals surface area contributed by atoms with E-state index >= 15 is 0 Å². The molecule has 0 aliphatic carbocycles. The highest BCUT2D eigenvalue weighted by Gasteiger charge is 2.16. The predicted octanol–water partition coefficient (Wildman–Crippen LogP) is 3.62. The number of aromatic nitrogens is 1. The Hall–Kier alpha value is -3.72. The Labute approximate surface area is 180 Å². The van der Waals surface area contributed by atoms with Gasteiger partial charge in [0.2, 0.25) is 0 Å². The minimum atomic E-state index is -3.75. The van der Waals surface area contributed by atoms with Gasteiger partial charge in [-0.1, -0.05) is 24.3 Å². The van der Waals surface area contributed by atoms with Gasteiger partial charge < -0.3 is 10.1 Å². The summed E-state index contributed by atoms with van der Waals surface area (Å²) in [6, 6.07) is 17.2. The number of nitrogens with one attached hydrogen (secondary N) is 2. The minimum Gasteiger partial charge on any atom is -0.462 e. The molecule has 0 saturated heterocycles. The fourth-order valence-corrected chi connectivity index (χ4v) is 3.85. The molecule has 1 amide bonds. The molecule has 0 fully saturated rings. The number of carbonyl (C=O) groups excluding carboxylic acids is 2. The third-order valence-corrected chi connectivity index (χ3v) is 5.64. The van der Waals surface area contributed by atoms with E-state index < -0.39 is 21.9 Å². The summed E-state index contributed by atoms with van der Waals surface area (Å²) in [7, 11) is -3.75. The number of pyridine rings is 1. The van der Waals surface area contributed by atoms with Crippen LogP contribution in [0.1, 0.15) is 33.5 Å². The standard InChI is InChI=1S/C22H21N3O5S/c1-3-30-22(27)19-12-13-20(23-15(19)2)21(26)24-16-8-7-9-17(14-16)25-31(28,29)18-10-5-4-6-11-18/h4-14,25H,3H2,1-2H3,(H,24,26). The lowest BCUT2D eigenvalue weighted by atomic mass is 10.2. The first kappa shape index (κ1) is 22.0. The van der Waals surface area contributed by atoms with E-state index in [1.54, 1.807) is 50.2 Å². The molecule has 0 spiro atoms. The summed E-state index contributed by atoms with van der Waals surface area (Å²) in [5.74, 6) is -1.00. The molecule has 0 atom stereocenters. The number of carbonyl (C=O) groups is 2. The molecule has 3 rings (SSSR count). The summed E-state index contributed by atoms with van der Waals surface area (Å²) >= 11 is 0. The lowest BCUT2D eigenvalue weighted by molar-refractivity contribution is 0.0524. The van der Waals surface area contributed by atoms with Crippen LogP contribution < -0.4 is 10.0 Å². The van der Waals surface area contributed by atoms with Crippen molar-refractivity contribution >= 4 is 33.3 Å². The normalized spacial score (nSPS) is 10.9. The van der Waals surface area contributed by atoms with Crippen molar-refractivity contribution in [2.24, 2.45) is 0 Å². The lowest BCUT2D eigenvalue weighted by Gasteiger charge is -2.11. The molecule has 31 heavy (non-hydrogen) atoms. The number of anilines is 2. The molecule has 0 unspecified atom stereocenters.